The van der Waals surface area contributed by atoms with Gasteiger partial charge in [0.15, 0.2) is 5.75 Å². The van der Waals surface area contributed by atoms with Gasteiger partial charge in [0.2, 0.25) is 0 Å². The largest absolute Gasteiger partial charge is 0.573 e. The van der Waals surface area contributed by atoms with E-state index in [1.807, 2.05) is 0 Å². The van der Waals surface area contributed by atoms with E-state index >= 15 is 0 Å². The standard InChI is InChI=1S/C29H20ClF3N2O4/c30-21-12-16-23(17-13-21)38-22-14-10-19(11-15-22)18-25(35-27(36)20-6-2-1-3-7-20)28(37)34-24-8-4-5-9-26(24)39-29(31,32)33/h1-18H,(H,34,37)(H,35,36)/b25-18+. The van der Waals surface area contributed by atoms with E-state index in [4.69, 9.17) is 16.3 Å². The zero-order valence-electron chi connectivity index (χ0n) is 20.0. The van der Waals surface area contributed by atoms with Crippen molar-refractivity contribution in [3.8, 4) is 17.2 Å². The van der Waals surface area contributed by atoms with Crippen molar-refractivity contribution >= 4 is 35.2 Å². The Morgan fingerprint density at radius 1 is 0.769 bits per heavy atom. The van der Waals surface area contributed by atoms with Crippen LogP contribution in [0.15, 0.2) is 109 Å². The van der Waals surface area contributed by atoms with Crippen LogP contribution in [-0.4, -0.2) is 18.2 Å². The fourth-order valence-corrected chi connectivity index (χ4v) is 3.48. The van der Waals surface area contributed by atoms with Crippen LogP contribution in [0.5, 0.6) is 17.2 Å². The minimum atomic E-state index is -4.96. The molecule has 0 radical (unpaired) electrons. The van der Waals surface area contributed by atoms with Crippen molar-refractivity contribution in [2.24, 2.45) is 0 Å². The van der Waals surface area contributed by atoms with Crippen LogP contribution in [0, 0.1) is 0 Å². The van der Waals surface area contributed by atoms with Gasteiger partial charge < -0.3 is 20.1 Å². The summed E-state index contributed by atoms with van der Waals surface area (Å²) < 4.78 is 48.3. The lowest BCUT2D eigenvalue weighted by Gasteiger charge is -2.15. The van der Waals surface area contributed by atoms with Crippen molar-refractivity contribution in [1.82, 2.24) is 5.32 Å². The first-order chi connectivity index (χ1) is 18.7. The number of benzene rings is 4. The van der Waals surface area contributed by atoms with Crippen molar-refractivity contribution in [2.45, 2.75) is 6.36 Å². The Labute approximate surface area is 226 Å². The third-order valence-electron chi connectivity index (χ3n) is 5.13. The monoisotopic (exact) mass is 552 g/mol. The van der Waals surface area contributed by atoms with E-state index in [2.05, 4.69) is 15.4 Å². The molecular formula is C29H20ClF3N2O4. The van der Waals surface area contributed by atoms with E-state index in [9.17, 15) is 22.8 Å². The third kappa shape index (κ3) is 8.11. The number of nitrogens with one attached hydrogen (secondary N) is 2. The number of anilines is 1. The van der Waals surface area contributed by atoms with Crippen LogP contribution >= 0.6 is 11.6 Å². The van der Waals surface area contributed by atoms with Gasteiger partial charge in [-0.25, -0.2) is 0 Å². The van der Waals surface area contributed by atoms with E-state index in [-0.39, 0.29) is 16.9 Å². The van der Waals surface area contributed by atoms with Crippen LogP contribution in [0.4, 0.5) is 18.9 Å². The Balaban J connectivity index is 1.59. The van der Waals surface area contributed by atoms with Crippen LogP contribution < -0.4 is 20.1 Å². The molecule has 0 aliphatic rings. The smallest absolute Gasteiger partial charge is 0.457 e. The van der Waals surface area contributed by atoms with Crippen molar-refractivity contribution in [3.05, 3.63) is 125 Å². The number of ether oxygens (including phenoxy) is 2. The zero-order chi connectivity index (χ0) is 27.8. The fourth-order valence-electron chi connectivity index (χ4n) is 3.35. The van der Waals surface area contributed by atoms with Crippen LogP contribution in [0.1, 0.15) is 15.9 Å². The molecule has 0 aliphatic heterocycles. The summed E-state index contributed by atoms with van der Waals surface area (Å²) in [5.41, 5.74) is 0.351. The van der Waals surface area contributed by atoms with Gasteiger partial charge in [0.1, 0.15) is 17.2 Å². The number of hydrogen-bond donors (Lipinski definition) is 2. The first-order valence-corrected chi connectivity index (χ1v) is 11.8. The third-order valence-corrected chi connectivity index (χ3v) is 5.38. The molecule has 0 spiro atoms. The molecule has 10 heteroatoms. The molecule has 2 amide bonds. The Kier molecular flexibility index (Phi) is 8.53. The molecule has 2 N–H and O–H groups in total. The van der Waals surface area contributed by atoms with Gasteiger partial charge in [-0.1, -0.05) is 54.1 Å². The summed E-state index contributed by atoms with van der Waals surface area (Å²) >= 11 is 5.89. The first kappa shape index (κ1) is 27.3. The van der Waals surface area contributed by atoms with Gasteiger partial charge in [0.05, 0.1) is 5.69 Å². The lowest BCUT2D eigenvalue weighted by molar-refractivity contribution is -0.274. The Morgan fingerprint density at radius 2 is 1.36 bits per heavy atom. The maximum atomic E-state index is 13.2. The Hall–Kier alpha value is -4.76. The summed E-state index contributed by atoms with van der Waals surface area (Å²) in [5.74, 6) is -0.973. The molecule has 0 aliphatic carbocycles. The number of para-hydroxylation sites is 2. The normalized spacial score (nSPS) is 11.4. The number of carbonyl (C=O) groups excluding carboxylic acids is 2. The summed E-state index contributed by atoms with van der Waals surface area (Å²) in [5, 5.41) is 5.48. The highest BCUT2D eigenvalue weighted by Gasteiger charge is 2.32. The second kappa shape index (κ2) is 12.2. The highest BCUT2D eigenvalue weighted by atomic mass is 35.5. The number of alkyl halides is 3. The van der Waals surface area contributed by atoms with Gasteiger partial charge in [-0.15, -0.1) is 13.2 Å². The molecule has 4 rings (SSSR count). The minimum Gasteiger partial charge on any atom is -0.457 e. The average Bonchev–Trinajstić information content (AvgIpc) is 2.91. The zero-order valence-corrected chi connectivity index (χ0v) is 20.8. The lowest BCUT2D eigenvalue weighted by atomic mass is 10.1. The molecule has 0 saturated carbocycles. The number of halogens is 4. The molecule has 0 unspecified atom stereocenters. The summed E-state index contributed by atoms with van der Waals surface area (Å²) in [4.78, 5) is 26.0. The number of hydrogen-bond acceptors (Lipinski definition) is 4. The SMILES string of the molecule is O=C(Nc1ccccc1OC(F)(F)F)/C(=C\c1ccc(Oc2ccc(Cl)cc2)cc1)NC(=O)c1ccccc1. The molecule has 0 bridgehead atoms. The van der Waals surface area contributed by atoms with E-state index in [0.717, 1.165) is 6.07 Å². The predicted molar refractivity (Wildman–Crippen MR) is 142 cm³/mol. The van der Waals surface area contributed by atoms with Crippen LogP contribution in [0.2, 0.25) is 5.02 Å². The highest BCUT2D eigenvalue weighted by molar-refractivity contribution is 6.30. The lowest BCUT2D eigenvalue weighted by Crippen LogP contribution is -2.31. The Bertz CT molecular complexity index is 1470. The Morgan fingerprint density at radius 3 is 2.00 bits per heavy atom. The molecule has 4 aromatic carbocycles. The van der Waals surface area contributed by atoms with E-state index in [1.165, 1.54) is 24.3 Å². The number of rotatable bonds is 8. The number of amides is 2. The predicted octanol–water partition coefficient (Wildman–Crippen LogP) is 7.44. The molecule has 39 heavy (non-hydrogen) atoms. The van der Waals surface area contributed by atoms with Gasteiger partial charge in [0.25, 0.3) is 11.8 Å². The van der Waals surface area contributed by atoms with Crippen molar-refractivity contribution in [1.29, 1.82) is 0 Å². The molecule has 0 heterocycles. The van der Waals surface area contributed by atoms with Crippen molar-refractivity contribution in [2.75, 3.05) is 5.32 Å². The molecule has 4 aromatic rings. The summed E-state index contributed by atoms with van der Waals surface area (Å²) in [6, 6.07) is 26.6. The van der Waals surface area contributed by atoms with Gasteiger partial charge in [-0.3, -0.25) is 9.59 Å². The molecule has 0 fully saturated rings. The average molecular weight is 553 g/mol. The topological polar surface area (TPSA) is 76.7 Å². The summed E-state index contributed by atoms with van der Waals surface area (Å²) in [6.45, 7) is 0. The molecular weight excluding hydrogens is 533 g/mol. The van der Waals surface area contributed by atoms with Gasteiger partial charge >= 0.3 is 6.36 Å². The maximum absolute atomic E-state index is 13.2. The van der Waals surface area contributed by atoms with Gasteiger partial charge in [0, 0.05) is 10.6 Å². The molecule has 0 saturated heterocycles. The van der Waals surface area contributed by atoms with E-state index in [0.29, 0.717) is 22.1 Å². The molecule has 6 nitrogen and oxygen atoms in total. The second-order valence-corrected chi connectivity index (χ2v) is 8.44. The molecule has 0 aromatic heterocycles. The molecule has 0 atom stereocenters. The second-order valence-electron chi connectivity index (χ2n) is 8.00. The molecule has 198 valence electrons. The quantitative estimate of drug-likeness (QED) is 0.223. The van der Waals surface area contributed by atoms with Crippen LogP contribution in [0.3, 0.4) is 0 Å². The van der Waals surface area contributed by atoms with Crippen molar-refractivity contribution < 1.29 is 32.2 Å². The summed E-state index contributed by atoms with van der Waals surface area (Å²) in [7, 11) is 0. The van der Waals surface area contributed by atoms with Crippen LogP contribution in [0.25, 0.3) is 6.08 Å². The maximum Gasteiger partial charge on any atom is 0.573 e. The van der Waals surface area contributed by atoms with Gasteiger partial charge in [-0.05, 0) is 72.3 Å². The van der Waals surface area contributed by atoms with Gasteiger partial charge in [-0.2, -0.15) is 0 Å². The highest BCUT2D eigenvalue weighted by Crippen LogP contribution is 2.30. The first-order valence-electron chi connectivity index (χ1n) is 11.4. The minimum absolute atomic E-state index is 0.211. The fraction of sp³-hybridized carbons (Fsp3) is 0.0345. The van der Waals surface area contributed by atoms with Crippen LogP contribution in [-0.2, 0) is 4.79 Å². The van der Waals surface area contributed by atoms with E-state index < -0.39 is 23.9 Å². The summed E-state index contributed by atoms with van der Waals surface area (Å²) in [6.07, 6.45) is -3.58. The van der Waals surface area contributed by atoms with Crippen molar-refractivity contribution in [3.63, 3.8) is 0 Å². The van der Waals surface area contributed by atoms with E-state index in [1.54, 1.807) is 78.9 Å². The number of carbonyl (C=O) groups is 2.